The molecule has 1 aromatic heterocycles. The summed E-state index contributed by atoms with van der Waals surface area (Å²) in [4.78, 5) is 24.3. The Hall–Kier alpha value is -4.26. The molecule has 1 fully saturated rings. The number of benzene rings is 3. The van der Waals surface area contributed by atoms with Crippen LogP contribution in [-0.2, 0) is 33.8 Å². The third-order valence-electron chi connectivity index (χ3n) is 6.91. The van der Waals surface area contributed by atoms with Crippen molar-refractivity contribution in [1.82, 2.24) is 5.32 Å². The van der Waals surface area contributed by atoms with Gasteiger partial charge in [-0.25, -0.2) is 4.79 Å². The van der Waals surface area contributed by atoms with Gasteiger partial charge in [0.05, 0.1) is 19.3 Å². The number of hydrogen-bond acceptors (Lipinski definition) is 6. The minimum Gasteiger partial charge on any atom is -0.488 e. The van der Waals surface area contributed by atoms with Crippen LogP contribution in [0.15, 0.2) is 71.3 Å². The standard InChI is InChI=1S/C34H37NO6/c1-5-38-32(36)18-27-12-11-26(23-9-10-23)17-31(27)40-21-28-20-39-30-14-13-25(16-29(28)30)24-8-6-7-22(15-24)19-35-33(37)41-34(2,3)4/h6-8,11-17,20,23H,5,9-10,18-19,21H2,1-4H3,(H,35,37). The van der Waals surface area contributed by atoms with E-state index in [-0.39, 0.29) is 12.4 Å². The fraction of sp³-hybridized carbons (Fsp3) is 0.353. The number of hydrogen-bond donors (Lipinski definition) is 1. The summed E-state index contributed by atoms with van der Waals surface area (Å²) in [6, 6.07) is 20.3. The van der Waals surface area contributed by atoms with Gasteiger partial charge in [0.25, 0.3) is 0 Å². The molecular weight excluding hydrogens is 518 g/mol. The summed E-state index contributed by atoms with van der Waals surface area (Å²) in [6.07, 6.45) is 3.82. The van der Waals surface area contributed by atoms with Crippen LogP contribution in [-0.4, -0.2) is 24.3 Å². The van der Waals surface area contributed by atoms with Gasteiger partial charge in [0.15, 0.2) is 0 Å². The number of carbonyl (C=O) groups is 2. The van der Waals surface area contributed by atoms with E-state index in [1.54, 1.807) is 13.2 Å². The van der Waals surface area contributed by atoms with Crippen LogP contribution < -0.4 is 10.1 Å². The lowest BCUT2D eigenvalue weighted by atomic mass is 10.0. The molecule has 1 aliphatic carbocycles. The normalized spacial score (nSPS) is 13.2. The van der Waals surface area contributed by atoms with Crippen LogP contribution in [0.5, 0.6) is 5.75 Å². The number of furan rings is 1. The molecule has 0 saturated heterocycles. The molecule has 0 aliphatic heterocycles. The van der Waals surface area contributed by atoms with Gasteiger partial charge in [0.2, 0.25) is 0 Å². The minimum atomic E-state index is -0.546. The zero-order valence-electron chi connectivity index (χ0n) is 24.1. The third kappa shape index (κ3) is 7.48. The average molecular weight is 556 g/mol. The number of amides is 1. The maximum absolute atomic E-state index is 12.2. The van der Waals surface area contributed by atoms with Crippen molar-refractivity contribution in [2.75, 3.05) is 6.61 Å². The molecule has 1 amide bonds. The van der Waals surface area contributed by atoms with Gasteiger partial charge < -0.3 is 23.9 Å². The molecule has 0 radical (unpaired) electrons. The van der Waals surface area contributed by atoms with E-state index in [2.05, 4.69) is 29.6 Å². The number of fused-ring (bicyclic) bond motifs is 1. The smallest absolute Gasteiger partial charge is 0.407 e. The number of esters is 1. The molecule has 0 bridgehead atoms. The van der Waals surface area contributed by atoms with E-state index in [0.717, 1.165) is 38.8 Å². The lowest BCUT2D eigenvalue weighted by Gasteiger charge is -2.19. The molecule has 0 spiro atoms. The molecule has 1 N–H and O–H groups in total. The summed E-state index contributed by atoms with van der Waals surface area (Å²) >= 11 is 0. The highest BCUT2D eigenvalue weighted by Gasteiger charge is 2.25. The van der Waals surface area contributed by atoms with Gasteiger partial charge in [-0.15, -0.1) is 0 Å². The van der Waals surface area contributed by atoms with Crippen LogP contribution in [0.3, 0.4) is 0 Å². The van der Waals surface area contributed by atoms with Crippen molar-refractivity contribution in [3.63, 3.8) is 0 Å². The molecule has 1 aliphatic rings. The number of alkyl carbamates (subject to hydrolysis) is 1. The Kier molecular flexibility index (Phi) is 8.34. The quantitative estimate of drug-likeness (QED) is 0.202. The zero-order valence-corrected chi connectivity index (χ0v) is 24.1. The summed E-state index contributed by atoms with van der Waals surface area (Å²) in [5.41, 5.74) is 6.22. The van der Waals surface area contributed by atoms with Crippen molar-refractivity contribution in [3.05, 3.63) is 89.2 Å². The fourth-order valence-corrected chi connectivity index (χ4v) is 4.77. The summed E-state index contributed by atoms with van der Waals surface area (Å²) in [5.74, 6) is 1.01. The van der Waals surface area contributed by atoms with E-state index in [1.807, 2.05) is 57.2 Å². The van der Waals surface area contributed by atoms with E-state index >= 15 is 0 Å². The van der Waals surface area contributed by atoms with Crippen molar-refractivity contribution in [1.29, 1.82) is 0 Å². The van der Waals surface area contributed by atoms with Crippen molar-refractivity contribution in [2.24, 2.45) is 0 Å². The third-order valence-corrected chi connectivity index (χ3v) is 6.91. The first kappa shape index (κ1) is 28.3. The lowest BCUT2D eigenvalue weighted by molar-refractivity contribution is -0.142. The Morgan fingerprint density at radius 1 is 0.976 bits per heavy atom. The Bertz CT molecular complexity index is 1540. The van der Waals surface area contributed by atoms with Crippen LogP contribution in [0.2, 0.25) is 0 Å². The van der Waals surface area contributed by atoms with Gasteiger partial charge >= 0.3 is 12.1 Å². The lowest BCUT2D eigenvalue weighted by Crippen LogP contribution is -2.32. The second-order valence-corrected chi connectivity index (χ2v) is 11.4. The van der Waals surface area contributed by atoms with Crippen molar-refractivity contribution in [2.45, 2.75) is 71.6 Å². The predicted molar refractivity (Wildman–Crippen MR) is 158 cm³/mol. The second-order valence-electron chi connectivity index (χ2n) is 11.4. The molecule has 41 heavy (non-hydrogen) atoms. The monoisotopic (exact) mass is 555 g/mol. The van der Waals surface area contributed by atoms with Gasteiger partial charge in [-0.05, 0) is 93.0 Å². The Morgan fingerprint density at radius 3 is 2.54 bits per heavy atom. The van der Waals surface area contributed by atoms with Crippen LogP contribution in [0.1, 0.15) is 68.7 Å². The maximum atomic E-state index is 12.2. The molecule has 1 saturated carbocycles. The van der Waals surface area contributed by atoms with Gasteiger partial charge in [-0.1, -0.05) is 36.4 Å². The molecule has 5 rings (SSSR count). The fourth-order valence-electron chi connectivity index (χ4n) is 4.77. The zero-order chi connectivity index (χ0) is 29.0. The molecular formula is C34H37NO6. The number of carbonyl (C=O) groups excluding carboxylic acids is 2. The van der Waals surface area contributed by atoms with Gasteiger partial charge in [-0.2, -0.15) is 0 Å². The van der Waals surface area contributed by atoms with Crippen LogP contribution in [0.4, 0.5) is 4.79 Å². The van der Waals surface area contributed by atoms with E-state index in [4.69, 9.17) is 18.6 Å². The summed E-state index contributed by atoms with van der Waals surface area (Å²) in [7, 11) is 0. The van der Waals surface area contributed by atoms with Crippen molar-refractivity contribution in [3.8, 4) is 16.9 Å². The summed E-state index contributed by atoms with van der Waals surface area (Å²) in [6.45, 7) is 8.34. The average Bonchev–Trinajstić information content (AvgIpc) is 3.71. The molecule has 1 heterocycles. The van der Waals surface area contributed by atoms with E-state index < -0.39 is 11.7 Å². The number of nitrogens with one attached hydrogen (secondary N) is 1. The Balaban J connectivity index is 1.33. The molecule has 0 atom stereocenters. The van der Waals surface area contributed by atoms with Crippen molar-refractivity contribution < 1.29 is 28.2 Å². The molecule has 0 unspecified atom stereocenters. The SMILES string of the molecule is CCOC(=O)Cc1ccc(C2CC2)cc1OCc1coc2ccc(-c3cccc(CNC(=O)OC(C)(C)C)c3)cc12. The van der Waals surface area contributed by atoms with Crippen LogP contribution in [0, 0.1) is 0 Å². The first-order valence-electron chi connectivity index (χ1n) is 14.2. The van der Waals surface area contributed by atoms with Gasteiger partial charge in [0, 0.05) is 23.1 Å². The highest BCUT2D eigenvalue weighted by molar-refractivity contribution is 5.86. The summed E-state index contributed by atoms with van der Waals surface area (Å²) < 4.78 is 22.7. The van der Waals surface area contributed by atoms with E-state index in [9.17, 15) is 9.59 Å². The Labute approximate surface area is 240 Å². The van der Waals surface area contributed by atoms with Crippen molar-refractivity contribution >= 4 is 23.0 Å². The number of ether oxygens (including phenoxy) is 3. The molecule has 3 aromatic carbocycles. The van der Waals surface area contributed by atoms with Gasteiger partial charge in [0.1, 0.15) is 23.5 Å². The van der Waals surface area contributed by atoms with E-state index in [1.165, 1.54) is 18.4 Å². The maximum Gasteiger partial charge on any atom is 0.407 e. The molecule has 7 heteroatoms. The largest absolute Gasteiger partial charge is 0.488 e. The highest BCUT2D eigenvalue weighted by Crippen LogP contribution is 2.42. The van der Waals surface area contributed by atoms with Crippen LogP contribution in [0.25, 0.3) is 22.1 Å². The van der Waals surface area contributed by atoms with Gasteiger partial charge in [-0.3, -0.25) is 4.79 Å². The topological polar surface area (TPSA) is 87.0 Å². The first-order chi connectivity index (χ1) is 19.7. The highest BCUT2D eigenvalue weighted by atomic mass is 16.6. The first-order valence-corrected chi connectivity index (χ1v) is 14.2. The Morgan fingerprint density at radius 2 is 1.78 bits per heavy atom. The molecule has 7 nitrogen and oxygen atoms in total. The second kappa shape index (κ2) is 12.1. The summed E-state index contributed by atoms with van der Waals surface area (Å²) in [5, 5.41) is 3.78. The predicted octanol–water partition coefficient (Wildman–Crippen LogP) is 7.69. The molecule has 214 valence electrons. The van der Waals surface area contributed by atoms with E-state index in [0.29, 0.717) is 31.4 Å². The van der Waals surface area contributed by atoms with Crippen LogP contribution >= 0.6 is 0 Å². The molecule has 4 aromatic rings. The number of rotatable bonds is 10. The minimum absolute atomic E-state index is 0.170.